The van der Waals surface area contributed by atoms with Gasteiger partial charge in [0, 0.05) is 0 Å². The minimum absolute atomic E-state index is 0.0357. The first-order valence-corrected chi connectivity index (χ1v) is 12.0. The number of phenols is 1. The number of unbranched alkanes of at least 4 members (excludes halogenated alkanes) is 2. The van der Waals surface area contributed by atoms with E-state index < -0.39 is 7.60 Å². The lowest BCUT2D eigenvalue weighted by molar-refractivity contribution is 0.257. The summed E-state index contributed by atoms with van der Waals surface area (Å²) in [4.78, 5) is 0. The Morgan fingerprint density at radius 1 is 0.862 bits per heavy atom. The van der Waals surface area contributed by atoms with Crippen molar-refractivity contribution in [3.8, 4) is 22.6 Å². The van der Waals surface area contributed by atoms with Crippen LogP contribution in [0.4, 0.5) is 0 Å². The van der Waals surface area contributed by atoms with E-state index in [0.29, 0.717) is 12.8 Å². The summed E-state index contributed by atoms with van der Waals surface area (Å²) in [5, 5.41) is 12.8. The Kier molecular flexibility index (Phi) is 7.35. The second kappa shape index (κ2) is 9.96. The summed E-state index contributed by atoms with van der Waals surface area (Å²) in [6, 6.07) is 19.5. The fourth-order valence-corrected chi connectivity index (χ4v) is 4.97. The molecule has 154 valence electrons. The number of rotatable bonds is 10. The van der Waals surface area contributed by atoms with Crippen molar-refractivity contribution in [2.45, 2.75) is 39.5 Å². The highest BCUT2D eigenvalue weighted by atomic mass is 31.2. The molecule has 1 unspecified atom stereocenters. The molecule has 0 aromatic heterocycles. The molecule has 1 atom stereocenters. The molecule has 0 saturated heterocycles. The highest BCUT2D eigenvalue weighted by molar-refractivity contribution is 7.54. The fraction of sp³-hybridized carbons (Fsp3) is 0.333. The Balaban J connectivity index is 1.82. The van der Waals surface area contributed by atoms with Gasteiger partial charge in [-0.05, 0) is 52.9 Å². The third-order valence-corrected chi connectivity index (χ3v) is 6.77. The molecule has 4 nitrogen and oxygen atoms in total. The molecule has 29 heavy (non-hydrogen) atoms. The van der Waals surface area contributed by atoms with Gasteiger partial charge in [0.1, 0.15) is 0 Å². The van der Waals surface area contributed by atoms with Crippen LogP contribution in [0.15, 0.2) is 60.7 Å². The molecule has 0 fully saturated rings. The van der Waals surface area contributed by atoms with E-state index in [9.17, 15) is 9.67 Å². The zero-order chi connectivity index (χ0) is 20.7. The van der Waals surface area contributed by atoms with Crippen LogP contribution in [-0.2, 0) is 9.09 Å². The summed E-state index contributed by atoms with van der Waals surface area (Å²) in [6.07, 6.45) is 3.78. The third-order valence-electron chi connectivity index (χ3n) is 4.85. The molecule has 0 aliphatic heterocycles. The molecule has 0 aliphatic carbocycles. The van der Waals surface area contributed by atoms with Gasteiger partial charge in [0.25, 0.3) is 0 Å². The van der Waals surface area contributed by atoms with E-state index in [-0.39, 0.29) is 11.5 Å². The average molecular weight is 412 g/mol. The van der Waals surface area contributed by atoms with Crippen LogP contribution in [0.1, 0.15) is 39.5 Å². The summed E-state index contributed by atoms with van der Waals surface area (Å²) in [5.74, 6) is 0.164. The van der Waals surface area contributed by atoms with Gasteiger partial charge in [-0.3, -0.25) is 4.52 Å². The van der Waals surface area contributed by atoms with Crippen LogP contribution in [0.3, 0.4) is 0 Å². The predicted molar refractivity (Wildman–Crippen MR) is 120 cm³/mol. The Bertz CT molecular complexity index is 999. The van der Waals surface area contributed by atoms with Crippen LogP contribution in [0.2, 0.25) is 0 Å². The van der Waals surface area contributed by atoms with E-state index in [1.165, 1.54) is 5.39 Å². The first-order chi connectivity index (χ1) is 14.0. The lowest BCUT2D eigenvalue weighted by atomic mass is 10.0. The minimum atomic E-state index is -3.29. The van der Waals surface area contributed by atoms with Crippen molar-refractivity contribution in [1.29, 1.82) is 0 Å². The first-order valence-electron chi connectivity index (χ1n) is 10.3. The second-order valence-corrected chi connectivity index (χ2v) is 9.32. The van der Waals surface area contributed by atoms with Crippen molar-refractivity contribution in [2.24, 2.45) is 0 Å². The van der Waals surface area contributed by atoms with E-state index in [0.717, 1.165) is 42.2 Å². The fourth-order valence-electron chi connectivity index (χ4n) is 3.13. The molecule has 0 saturated carbocycles. The molecule has 0 radical (unpaired) electrons. The summed E-state index contributed by atoms with van der Waals surface area (Å²) in [7, 11) is -3.29. The van der Waals surface area contributed by atoms with Crippen molar-refractivity contribution in [2.75, 3.05) is 12.8 Å². The van der Waals surface area contributed by atoms with E-state index in [4.69, 9.17) is 9.05 Å². The normalized spacial score (nSPS) is 13.3. The molecule has 0 heterocycles. The van der Waals surface area contributed by atoms with Gasteiger partial charge in [-0.15, -0.1) is 0 Å². The molecule has 3 aromatic carbocycles. The van der Waals surface area contributed by atoms with Crippen LogP contribution in [-0.4, -0.2) is 17.9 Å². The SMILES string of the molecule is CCCCOP(=O)(CCCC)Oc1ccc(-c2ccc3ccccc3c2)cc1O. The third kappa shape index (κ3) is 5.62. The Hall–Kier alpha value is -2.29. The Labute approximate surface area is 173 Å². The molecular weight excluding hydrogens is 383 g/mol. The largest absolute Gasteiger partial charge is 0.504 e. The van der Waals surface area contributed by atoms with E-state index in [2.05, 4.69) is 31.2 Å². The van der Waals surface area contributed by atoms with Gasteiger partial charge < -0.3 is 9.63 Å². The standard InChI is InChI=1S/C24H29O4P/c1-3-5-15-27-29(26,16-6-4-2)28-24-14-13-22(18-23(24)25)21-12-11-19-9-7-8-10-20(19)17-21/h7-14,17-18,25H,3-6,15-16H2,1-2H3. The van der Waals surface area contributed by atoms with Gasteiger partial charge in [0.2, 0.25) is 0 Å². The van der Waals surface area contributed by atoms with Crippen LogP contribution in [0, 0.1) is 0 Å². The van der Waals surface area contributed by atoms with Gasteiger partial charge in [-0.2, -0.15) is 0 Å². The van der Waals surface area contributed by atoms with Crippen molar-refractivity contribution >= 4 is 18.4 Å². The highest BCUT2D eigenvalue weighted by Crippen LogP contribution is 2.51. The smallest absolute Gasteiger partial charge is 0.379 e. The molecule has 1 N–H and O–H groups in total. The summed E-state index contributed by atoms with van der Waals surface area (Å²) in [6.45, 7) is 4.48. The lowest BCUT2D eigenvalue weighted by Crippen LogP contribution is -2.04. The van der Waals surface area contributed by atoms with Crippen molar-refractivity contribution < 1.29 is 18.7 Å². The van der Waals surface area contributed by atoms with E-state index >= 15 is 0 Å². The maximum Gasteiger partial charge on any atom is 0.379 e. The number of benzene rings is 3. The van der Waals surface area contributed by atoms with Gasteiger partial charge >= 0.3 is 7.60 Å². The molecule has 0 bridgehead atoms. The maximum atomic E-state index is 13.1. The molecule has 0 aliphatic rings. The van der Waals surface area contributed by atoms with Crippen LogP contribution < -0.4 is 4.52 Å². The monoisotopic (exact) mass is 412 g/mol. The molecule has 3 aromatic rings. The van der Waals surface area contributed by atoms with E-state index in [1.54, 1.807) is 12.1 Å². The van der Waals surface area contributed by atoms with Crippen molar-refractivity contribution in [3.63, 3.8) is 0 Å². The van der Waals surface area contributed by atoms with Gasteiger partial charge in [0.15, 0.2) is 11.5 Å². The molecule has 0 spiro atoms. The quantitative estimate of drug-likeness (QED) is 0.278. The molecular formula is C24H29O4P. The van der Waals surface area contributed by atoms with E-state index in [1.807, 2.05) is 31.2 Å². The zero-order valence-electron chi connectivity index (χ0n) is 17.1. The number of phenolic OH excluding ortho intramolecular Hbond substituents is 1. The number of aromatic hydroxyl groups is 1. The molecule has 5 heteroatoms. The van der Waals surface area contributed by atoms with Gasteiger partial charge in [-0.25, -0.2) is 4.57 Å². The molecule has 0 amide bonds. The van der Waals surface area contributed by atoms with Gasteiger partial charge in [0.05, 0.1) is 12.8 Å². The topological polar surface area (TPSA) is 55.8 Å². The summed E-state index contributed by atoms with van der Waals surface area (Å²) in [5.41, 5.74) is 1.87. The van der Waals surface area contributed by atoms with Gasteiger partial charge in [-0.1, -0.05) is 69.2 Å². The van der Waals surface area contributed by atoms with Crippen LogP contribution >= 0.6 is 7.60 Å². The molecule has 3 rings (SSSR count). The zero-order valence-corrected chi connectivity index (χ0v) is 18.0. The number of hydrogen-bond donors (Lipinski definition) is 1. The first kappa shape index (κ1) is 21.4. The number of fused-ring (bicyclic) bond motifs is 1. The van der Waals surface area contributed by atoms with Crippen molar-refractivity contribution in [3.05, 3.63) is 60.7 Å². The summed E-state index contributed by atoms with van der Waals surface area (Å²) >= 11 is 0. The maximum absolute atomic E-state index is 13.1. The van der Waals surface area contributed by atoms with Crippen LogP contribution in [0.25, 0.3) is 21.9 Å². The Morgan fingerprint density at radius 3 is 2.28 bits per heavy atom. The minimum Gasteiger partial charge on any atom is -0.504 e. The van der Waals surface area contributed by atoms with Crippen LogP contribution in [0.5, 0.6) is 11.5 Å². The van der Waals surface area contributed by atoms with Crippen molar-refractivity contribution in [1.82, 2.24) is 0 Å². The average Bonchev–Trinajstić information content (AvgIpc) is 2.74. The highest BCUT2D eigenvalue weighted by Gasteiger charge is 2.26. The Morgan fingerprint density at radius 2 is 1.55 bits per heavy atom. The lowest BCUT2D eigenvalue weighted by Gasteiger charge is -2.20. The predicted octanol–water partition coefficient (Wildman–Crippen LogP) is 7.40. The summed E-state index contributed by atoms with van der Waals surface area (Å²) < 4.78 is 24.5. The second-order valence-electron chi connectivity index (χ2n) is 7.21. The number of hydrogen-bond acceptors (Lipinski definition) is 4.